The maximum absolute atomic E-state index is 13.6. The lowest BCUT2D eigenvalue weighted by atomic mass is 9.79. The molecule has 0 aliphatic carbocycles. The summed E-state index contributed by atoms with van der Waals surface area (Å²) in [5.74, 6) is -1.97. The summed E-state index contributed by atoms with van der Waals surface area (Å²) < 4.78 is 55.2. The molecule has 15 atom stereocenters. The van der Waals surface area contributed by atoms with Gasteiger partial charge in [0.05, 0.1) is 67.5 Å². The van der Waals surface area contributed by atoms with Gasteiger partial charge >= 0.3 is 5.97 Å². The molecule has 7 unspecified atom stereocenters. The summed E-state index contributed by atoms with van der Waals surface area (Å²) in [6.45, 7) is 12.1. The molecule has 378 valence electrons. The quantitative estimate of drug-likeness (QED) is 0.104. The van der Waals surface area contributed by atoms with E-state index in [4.69, 9.17) is 63.6 Å². The zero-order valence-corrected chi connectivity index (χ0v) is 41.4. The van der Waals surface area contributed by atoms with Crippen LogP contribution in [0.3, 0.4) is 0 Å². The molecule has 5 aliphatic heterocycles. The Kier molecular flexibility index (Phi) is 18.7. The van der Waals surface area contributed by atoms with E-state index in [2.05, 4.69) is 6.58 Å². The SMILES string of the molecule is C=C1CC2C/C=C\C(=O)O[C@H]3[C@@H](C)C(C/C=C/c4nc(co4)C4C[C@H](O)CC(CC(C1)O2)O4)OC(/C(C)=C/c1coc(C[C@]2(O)C[C@H](OC)CC([C@H](O)/C=C(C)/C=C/[C@@H](C/C=C/Cl)OC)O2)n1)[C@@H]3C. The highest BCUT2D eigenvalue weighted by molar-refractivity contribution is 6.25. The summed E-state index contributed by atoms with van der Waals surface area (Å²) in [6.07, 6.45) is 19.0. The lowest BCUT2D eigenvalue weighted by molar-refractivity contribution is -0.286. The van der Waals surface area contributed by atoms with Crippen LogP contribution in [0.2, 0.25) is 0 Å². The fourth-order valence-electron chi connectivity index (χ4n) is 10.4. The second kappa shape index (κ2) is 24.4. The number of aliphatic hydroxyl groups is 3. The molecule has 7 rings (SSSR count). The summed E-state index contributed by atoms with van der Waals surface area (Å²) in [5.41, 5.74) is 5.28. The van der Waals surface area contributed by atoms with Gasteiger partial charge in [-0.3, -0.25) is 0 Å². The molecule has 2 aromatic rings. The maximum Gasteiger partial charge on any atom is 0.330 e. The summed E-state index contributed by atoms with van der Waals surface area (Å²) in [4.78, 5) is 23.0. The van der Waals surface area contributed by atoms with Crippen molar-refractivity contribution in [2.24, 2.45) is 11.8 Å². The van der Waals surface area contributed by atoms with Crippen LogP contribution in [-0.2, 0) is 44.4 Å². The molecular formula is C53H71ClN2O13. The third-order valence-electron chi connectivity index (χ3n) is 13.9. The fourth-order valence-corrected chi connectivity index (χ4v) is 10.5. The van der Waals surface area contributed by atoms with E-state index in [0.29, 0.717) is 75.1 Å². The zero-order valence-electron chi connectivity index (χ0n) is 40.7. The van der Waals surface area contributed by atoms with Crippen LogP contribution in [0.4, 0.5) is 0 Å². The van der Waals surface area contributed by atoms with Crippen molar-refractivity contribution >= 4 is 29.7 Å². The highest BCUT2D eigenvalue weighted by Gasteiger charge is 2.45. The predicted molar refractivity (Wildman–Crippen MR) is 258 cm³/mol. The predicted octanol–water partition coefficient (Wildman–Crippen LogP) is 8.60. The number of aliphatic hydroxyl groups excluding tert-OH is 2. The topological polar surface area (TPSA) is 194 Å². The van der Waals surface area contributed by atoms with Crippen molar-refractivity contribution in [3.63, 3.8) is 0 Å². The number of hydrogen-bond donors (Lipinski definition) is 3. The summed E-state index contributed by atoms with van der Waals surface area (Å²) in [6, 6.07) is 0. The minimum Gasteiger partial charge on any atom is -0.458 e. The van der Waals surface area contributed by atoms with Gasteiger partial charge in [0.2, 0.25) is 5.89 Å². The van der Waals surface area contributed by atoms with Crippen LogP contribution in [0.25, 0.3) is 12.2 Å². The number of oxazole rings is 2. The average Bonchev–Trinajstić information content (AvgIpc) is 3.96. The van der Waals surface area contributed by atoms with Crippen LogP contribution in [-0.4, -0.2) is 118 Å². The molecule has 69 heavy (non-hydrogen) atoms. The monoisotopic (exact) mass is 978 g/mol. The van der Waals surface area contributed by atoms with Gasteiger partial charge in [0.1, 0.15) is 36.1 Å². The Balaban J connectivity index is 1.06. The van der Waals surface area contributed by atoms with Crippen LogP contribution in [0, 0.1) is 11.8 Å². The second-order valence-electron chi connectivity index (χ2n) is 19.5. The molecule has 0 spiro atoms. The molecule has 4 fully saturated rings. The Bertz CT molecular complexity index is 2210. The van der Waals surface area contributed by atoms with Gasteiger partial charge in [-0.1, -0.05) is 79.6 Å². The minimum atomic E-state index is -1.74. The van der Waals surface area contributed by atoms with Crippen molar-refractivity contribution in [3.05, 3.63) is 107 Å². The van der Waals surface area contributed by atoms with E-state index in [-0.39, 0.29) is 61.1 Å². The second-order valence-corrected chi connectivity index (χ2v) is 19.8. The number of rotatable bonds is 12. The number of nitrogens with zero attached hydrogens (tertiary/aromatic N) is 2. The third kappa shape index (κ3) is 14.6. The summed E-state index contributed by atoms with van der Waals surface area (Å²) in [5, 5.41) is 33.9. The Morgan fingerprint density at radius 2 is 1.78 bits per heavy atom. The molecule has 0 radical (unpaired) electrons. The number of hydrogen-bond acceptors (Lipinski definition) is 15. The highest BCUT2D eigenvalue weighted by atomic mass is 35.5. The fraction of sp³-hybridized carbons (Fsp3) is 0.604. The van der Waals surface area contributed by atoms with Gasteiger partial charge in [-0.05, 0) is 70.1 Å². The lowest BCUT2D eigenvalue weighted by Gasteiger charge is -2.44. The minimum absolute atomic E-state index is 0.0899. The van der Waals surface area contributed by atoms with Gasteiger partial charge in [-0.2, -0.15) is 0 Å². The van der Waals surface area contributed by atoms with Crippen LogP contribution >= 0.6 is 11.6 Å². The molecule has 16 heteroatoms. The number of aromatic nitrogens is 2. The molecule has 7 heterocycles. The number of methoxy groups -OCH3 is 2. The first kappa shape index (κ1) is 52.8. The van der Waals surface area contributed by atoms with E-state index in [0.717, 1.165) is 16.7 Å². The first-order chi connectivity index (χ1) is 33.1. The van der Waals surface area contributed by atoms with Crippen LogP contribution < -0.4 is 0 Å². The molecular weight excluding hydrogens is 908 g/mol. The summed E-state index contributed by atoms with van der Waals surface area (Å²) in [7, 11) is 3.19. The Morgan fingerprint density at radius 1 is 0.986 bits per heavy atom. The van der Waals surface area contributed by atoms with E-state index >= 15 is 0 Å². The van der Waals surface area contributed by atoms with Gasteiger partial charge in [-0.15, -0.1) is 0 Å². The van der Waals surface area contributed by atoms with Gasteiger partial charge in [0.15, 0.2) is 11.7 Å². The number of carbonyl (C=O) groups is 1. The van der Waals surface area contributed by atoms with Gasteiger partial charge in [0.25, 0.3) is 0 Å². The van der Waals surface area contributed by atoms with Crippen LogP contribution in [0.15, 0.2) is 92.7 Å². The number of carbonyl (C=O) groups excluding carboxylic acids is 1. The first-order valence-corrected chi connectivity index (χ1v) is 24.7. The van der Waals surface area contributed by atoms with Crippen molar-refractivity contribution < 1.29 is 62.1 Å². The third-order valence-corrected chi connectivity index (χ3v) is 14.0. The van der Waals surface area contributed by atoms with Gasteiger partial charge in [-0.25, -0.2) is 14.8 Å². The maximum atomic E-state index is 13.6. The number of ether oxygens (including phenoxy) is 7. The van der Waals surface area contributed by atoms with E-state index in [1.807, 2.05) is 58.1 Å². The van der Waals surface area contributed by atoms with E-state index < -0.39 is 54.5 Å². The first-order valence-electron chi connectivity index (χ1n) is 24.3. The number of allylic oxidation sites excluding steroid dienone is 2. The van der Waals surface area contributed by atoms with Gasteiger partial charge < -0.3 is 57.3 Å². The molecule has 0 aromatic carbocycles. The van der Waals surface area contributed by atoms with E-state index in [1.54, 1.807) is 38.7 Å². The molecule has 8 bridgehead atoms. The molecule has 2 aromatic heterocycles. The Hall–Kier alpha value is -4.00. The van der Waals surface area contributed by atoms with Crippen molar-refractivity contribution in [1.82, 2.24) is 9.97 Å². The summed E-state index contributed by atoms with van der Waals surface area (Å²) >= 11 is 5.68. The Morgan fingerprint density at radius 3 is 2.57 bits per heavy atom. The normalized spacial score (nSPS) is 36.1. The number of esters is 1. The zero-order chi connectivity index (χ0) is 49.2. The molecule has 0 amide bonds. The smallest absolute Gasteiger partial charge is 0.330 e. The van der Waals surface area contributed by atoms with E-state index in [1.165, 1.54) is 17.9 Å². The number of halogens is 1. The molecule has 4 saturated heterocycles. The molecule has 5 aliphatic rings. The highest BCUT2D eigenvalue weighted by Crippen LogP contribution is 2.40. The largest absolute Gasteiger partial charge is 0.458 e. The molecule has 15 nitrogen and oxygen atoms in total. The molecule has 3 N–H and O–H groups in total. The van der Waals surface area contributed by atoms with Gasteiger partial charge in [0, 0.05) is 63.3 Å². The standard InChI is InChI=1S/C53H71ClN2O13/c1-31(16-17-38(61-6)12-10-18-54)21-44(58)47-26-42(62-7)27-53(60,69-47)28-49-55-36(29-63-49)22-33(3)51-35(5)52-34(4)45(67-51)13-9-14-48-56-43(30-64-48)46-24-37(57)23-41(66-46)25-40-20-32(2)19-39(65-40)11-8-15-50(59)68-52/h8-10,14-18,21-22,29-30,34-35,37-42,44-47,51-52,57-58,60H,2,11-13,19-20,23-28H2,1,3-7H3/b14-9+,15-8-,17-16+,18-10+,31-21+,33-22+/t34-,35-,37+,38+,39?,40?,41?,42+,44+,45?,46?,47?,51?,52-,53-/m0/s1. The van der Waals surface area contributed by atoms with E-state index in [9.17, 15) is 20.1 Å². The molecule has 0 saturated carbocycles. The average molecular weight is 980 g/mol. The lowest BCUT2D eigenvalue weighted by Crippen LogP contribution is -2.51. The van der Waals surface area contributed by atoms with Crippen LogP contribution in [0.1, 0.15) is 121 Å². The van der Waals surface area contributed by atoms with Crippen molar-refractivity contribution in [3.8, 4) is 0 Å². The number of fused-ring (bicyclic) bond motifs is 9. The van der Waals surface area contributed by atoms with Crippen LogP contribution in [0.5, 0.6) is 0 Å². The van der Waals surface area contributed by atoms with Crippen molar-refractivity contribution in [2.45, 2.75) is 177 Å². The Labute approximate surface area is 410 Å². The van der Waals surface area contributed by atoms with Crippen molar-refractivity contribution in [1.29, 1.82) is 0 Å². The van der Waals surface area contributed by atoms with Crippen molar-refractivity contribution in [2.75, 3.05) is 14.2 Å².